The van der Waals surface area contributed by atoms with Gasteiger partial charge in [0.05, 0.1) is 10.5 Å². The summed E-state index contributed by atoms with van der Waals surface area (Å²) in [5.41, 5.74) is -0.305. The molecule has 23 heavy (non-hydrogen) atoms. The third-order valence-corrected chi connectivity index (χ3v) is 4.54. The highest BCUT2D eigenvalue weighted by atomic mass is 32.2. The van der Waals surface area contributed by atoms with E-state index >= 15 is 0 Å². The lowest BCUT2D eigenvalue weighted by atomic mass is 9.82. The number of nitrogens with one attached hydrogen (secondary N) is 2. The molecule has 7 heteroatoms. The topological polar surface area (TPSA) is 95.5 Å². The number of aliphatic hydroxyl groups is 1. The van der Waals surface area contributed by atoms with Crippen molar-refractivity contribution in [2.24, 2.45) is 5.41 Å². The Balaban J connectivity index is 2.64. The van der Waals surface area contributed by atoms with Crippen LogP contribution >= 0.6 is 0 Å². The highest BCUT2D eigenvalue weighted by Crippen LogP contribution is 2.26. The molecule has 0 unspecified atom stereocenters. The number of urea groups is 1. The van der Waals surface area contributed by atoms with Gasteiger partial charge in [0.25, 0.3) is 10.0 Å². The Morgan fingerprint density at radius 1 is 1.13 bits per heavy atom. The van der Waals surface area contributed by atoms with E-state index in [4.69, 9.17) is 0 Å². The van der Waals surface area contributed by atoms with Crippen LogP contribution in [-0.4, -0.2) is 31.7 Å². The molecule has 0 fully saturated rings. The van der Waals surface area contributed by atoms with Gasteiger partial charge in [0.2, 0.25) is 0 Å². The van der Waals surface area contributed by atoms with Gasteiger partial charge in [-0.05, 0) is 44.7 Å². The summed E-state index contributed by atoms with van der Waals surface area (Å²) in [7, 11) is -3.89. The van der Waals surface area contributed by atoms with E-state index in [2.05, 4.69) is 5.32 Å². The normalized spacial score (nSPS) is 12.8. The number of benzene rings is 1. The number of amides is 2. The van der Waals surface area contributed by atoms with E-state index in [-0.39, 0.29) is 16.9 Å². The van der Waals surface area contributed by atoms with Crippen LogP contribution in [0, 0.1) is 12.3 Å². The number of aryl methyl sites for hydroxylation is 1. The zero-order valence-electron chi connectivity index (χ0n) is 14.3. The van der Waals surface area contributed by atoms with E-state index in [1.807, 2.05) is 25.5 Å². The predicted octanol–water partition coefficient (Wildman–Crippen LogP) is 2.17. The van der Waals surface area contributed by atoms with E-state index < -0.39 is 21.7 Å². The molecule has 0 spiro atoms. The van der Waals surface area contributed by atoms with Gasteiger partial charge in [-0.25, -0.2) is 17.9 Å². The predicted molar refractivity (Wildman–Crippen MR) is 89.6 cm³/mol. The second kappa shape index (κ2) is 6.88. The van der Waals surface area contributed by atoms with Crippen molar-refractivity contribution >= 4 is 16.1 Å². The van der Waals surface area contributed by atoms with E-state index in [0.717, 1.165) is 5.56 Å². The Kier molecular flexibility index (Phi) is 5.82. The molecule has 6 nitrogen and oxygen atoms in total. The lowest BCUT2D eigenvalue weighted by molar-refractivity contribution is 0.0326. The van der Waals surface area contributed by atoms with Crippen LogP contribution in [0.3, 0.4) is 0 Å². The minimum Gasteiger partial charge on any atom is -0.390 e. The Morgan fingerprint density at radius 3 is 2.13 bits per heavy atom. The molecule has 3 N–H and O–H groups in total. The fourth-order valence-electron chi connectivity index (χ4n) is 2.49. The third kappa shape index (κ3) is 7.00. The van der Waals surface area contributed by atoms with Gasteiger partial charge in [0.1, 0.15) is 0 Å². The number of carbonyl (C=O) groups is 1. The molecular formula is C16H26N2O4S. The van der Waals surface area contributed by atoms with Crippen molar-refractivity contribution in [2.75, 3.05) is 6.54 Å². The van der Waals surface area contributed by atoms with Crippen LogP contribution < -0.4 is 10.0 Å². The molecule has 130 valence electrons. The fraction of sp³-hybridized carbons (Fsp3) is 0.562. The van der Waals surface area contributed by atoms with Crippen molar-refractivity contribution < 1.29 is 18.3 Å². The van der Waals surface area contributed by atoms with Gasteiger partial charge in [-0.3, -0.25) is 0 Å². The lowest BCUT2D eigenvalue weighted by Gasteiger charge is -2.31. The van der Waals surface area contributed by atoms with Gasteiger partial charge in [0, 0.05) is 6.54 Å². The van der Waals surface area contributed by atoms with Crippen molar-refractivity contribution in [2.45, 2.75) is 51.5 Å². The summed E-state index contributed by atoms with van der Waals surface area (Å²) < 4.78 is 26.2. The first kappa shape index (κ1) is 19.4. The highest BCUT2D eigenvalue weighted by molar-refractivity contribution is 7.90. The van der Waals surface area contributed by atoms with Crippen molar-refractivity contribution in [3.05, 3.63) is 29.8 Å². The smallest absolute Gasteiger partial charge is 0.328 e. The monoisotopic (exact) mass is 342 g/mol. The summed E-state index contributed by atoms with van der Waals surface area (Å²) in [6, 6.07) is 5.44. The van der Waals surface area contributed by atoms with E-state index in [0.29, 0.717) is 6.42 Å². The van der Waals surface area contributed by atoms with Crippen molar-refractivity contribution in [3.8, 4) is 0 Å². The van der Waals surface area contributed by atoms with Gasteiger partial charge < -0.3 is 10.4 Å². The summed E-state index contributed by atoms with van der Waals surface area (Å²) in [6.07, 6.45) is 0.463. The van der Waals surface area contributed by atoms with Crippen LogP contribution in [-0.2, 0) is 10.0 Å². The summed E-state index contributed by atoms with van der Waals surface area (Å²) in [4.78, 5) is 11.9. The molecule has 2 amide bonds. The average Bonchev–Trinajstić information content (AvgIpc) is 2.34. The second-order valence-corrected chi connectivity index (χ2v) is 8.94. The quantitative estimate of drug-likeness (QED) is 0.738. The Morgan fingerprint density at radius 2 is 1.65 bits per heavy atom. The van der Waals surface area contributed by atoms with Crippen LogP contribution in [0.5, 0.6) is 0 Å². The molecule has 0 atom stereocenters. The first-order valence-corrected chi connectivity index (χ1v) is 8.89. The number of hydrogen-bond donors (Lipinski definition) is 3. The molecule has 0 radical (unpaired) electrons. The summed E-state index contributed by atoms with van der Waals surface area (Å²) in [6.45, 7) is 9.25. The number of hydrogen-bond acceptors (Lipinski definition) is 4. The maximum absolute atomic E-state index is 12.1. The molecule has 1 aromatic rings. The molecule has 1 aromatic carbocycles. The van der Waals surface area contributed by atoms with E-state index in [9.17, 15) is 18.3 Å². The Hall–Kier alpha value is -1.60. The Bertz CT molecular complexity index is 644. The molecule has 0 aliphatic rings. The van der Waals surface area contributed by atoms with Gasteiger partial charge in [-0.1, -0.05) is 31.5 Å². The van der Waals surface area contributed by atoms with Crippen LogP contribution in [0.4, 0.5) is 4.79 Å². The van der Waals surface area contributed by atoms with E-state index in [1.165, 1.54) is 12.1 Å². The molecule has 0 aliphatic heterocycles. The van der Waals surface area contributed by atoms with Gasteiger partial charge in [-0.15, -0.1) is 0 Å². The number of sulfonamides is 1. The summed E-state index contributed by atoms with van der Waals surface area (Å²) in [5, 5.41) is 12.4. The zero-order valence-corrected chi connectivity index (χ0v) is 15.1. The van der Waals surface area contributed by atoms with Crippen LogP contribution in [0.2, 0.25) is 0 Å². The standard InChI is InChI=1S/C16H26N2O4S/c1-12-6-8-13(9-7-12)23(21,22)18-14(19)17-11-15(2,3)10-16(4,5)20/h6-9,20H,10-11H2,1-5H3,(H2,17,18,19). The SMILES string of the molecule is Cc1ccc(S(=O)(=O)NC(=O)NCC(C)(C)CC(C)(C)O)cc1. The summed E-state index contributed by atoms with van der Waals surface area (Å²) in [5.74, 6) is 0. The van der Waals surface area contributed by atoms with E-state index in [1.54, 1.807) is 26.0 Å². The first-order chi connectivity index (χ1) is 10.3. The van der Waals surface area contributed by atoms with Gasteiger partial charge >= 0.3 is 6.03 Å². The van der Waals surface area contributed by atoms with Crippen molar-refractivity contribution in [1.29, 1.82) is 0 Å². The number of carbonyl (C=O) groups excluding carboxylic acids is 1. The summed E-state index contributed by atoms with van der Waals surface area (Å²) >= 11 is 0. The average molecular weight is 342 g/mol. The first-order valence-electron chi connectivity index (χ1n) is 7.40. The highest BCUT2D eigenvalue weighted by Gasteiger charge is 2.28. The minimum atomic E-state index is -3.89. The minimum absolute atomic E-state index is 0.0361. The maximum atomic E-state index is 12.1. The second-order valence-electron chi connectivity index (χ2n) is 7.25. The molecule has 1 rings (SSSR count). The lowest BCUT2D eigenvalue weighted by Crippen LogP contribution is -2.44. The Labute approximate surface area is 138 Å². The molecule has 0 saturated heterocycles. The molecular weight excluding hydrogens is 316 g/mol. The zero-order chi connectivity index (χ0) is 17.9. The van der Waals surface area contributed by atoms with Crippen molar-refractivity contribution in [3.63, 3.8) is 0 Å². The molecule has 0 aliphatic carbocycles. The number of rotatable bonds is 6. The molecule has 0 saturated carbocycles. The molecule has 0 aromatic heterocycles. The van der Waals surface area contributed by atoms with Gasteiger partial charge in [0.15, 0.2) is 0 Å². The third-order valence-electron chi connectivity index (χ3n) is 3.20. The fourth-order valence-corrected chi connectivity index (χ4v) is 3.42. The maximum Gasteiger partial charge on any atom is 0.328 e. The molecule has 0 bridgehead atoms. The largest absolute Gasteiger partial charge is 0.390 e. The van der Waals surface area contributed by atoms with Crippen molar-refractivity contribution in [1.82, 2.24) is 10.0 Å². The molecule has 0 heterocycles. The van der Waals surface area contributed by atoms with Crippen LogP contribution in [0.1, 0.15) is 39.7 Å². The van der Waals surface area contributed by atoms with Gasteiger partial charge in [-0.2, -0.15) is 0 Å². The van der Waals surface area contributed by atoms with Crippen LogP contribution in [0.25, 0.3) is 0 Å². The van der Waals surface area contributed by atoms with Crippen LogP contribution in [0.15, 0.2) is 29.2 Å².